The molecular weight excluding hydrogens is 538 g/mol. The van der Waals surface area contributed by atoms with Gasteiger partial charge in [0.2, 0.25) is 15.9 Å². The fraction of sp³-hybridized carbons (Fsp3) is 0.419. The van der Waals surface area contributed by atoms with Crippen molar-refractivity contribution in [3.63, 3.8) is 0 Å². The predicted molar refractivity (Wildman–Crippen MR) is 166 cm³/mol. The minimum atomic E-state index is -3.82. The number of nitrogens with zero attached hydrogens (tertiary/aromatic N) is 4. The SMILES string of the molecule is C\C=C(C)/C(=C(C)\C=C(/C)OC)S(=O)(=O)N(C)CCC(=O)Nc1ccc(N2CCN(c3cc[n+](C)cc3)CC2)cc1. The maximum atomic E-state index is 13.4. The standard InChI is InChI=1S/C31H43N5O4S/c1-8-24(2)31(25(3)23-26(4)40-7)41(38,39)34(6)18-15-30(37)32-27-9-11-28(12-10-27)35-19-21-36(22-20-35)29-13-16-33(5)17-14-29/h8-14,16-17,23H,15,18-22H2,1-7H3/p+1/b24-8-,26-23+,31-25+. The molecule has 1 aliphatic heterocycles. The number of pyridine rings is 1. The van der Waals surface area contributed by atoms with Gasteiger partial charge in [0.1, 0.15) is 7.05 Å². The molecule has 41 heavy (non-hydrogen) atoms. The van der Waals surface area contributed by atoms with Crippen LogP contribution < -0.4 is 19.7 Å². The molecule has 10 heteroatoms. The van der Waals surface area contributed by atoms with Crippen molar-refractivity contribution >= 4 is 33.0 Å². The number of anilines is 3. The third-order valence-corrected chi connectivity index (χ3v) is 9.50. The van der Waals surface area contributed by atoms with Crippen LogP contribution in [0.15, 0.2) is 82.8 Å². The quantitative estimate of drug-likeness (QED) is 0.243. The normalized spacial score (nSPS) is 15.6. The first-order chi connectivity index (χ1) is 19.5. The molecule has 0 unspecified atom stereocenters. The third kappa shape index (κ3) is 8.43. The molecule has 3 rings (SSSR count). The Morgan fingerprint density at radius 3 is 2.05 bits per heavy atom. The van der Waals surface area contributed by atoms with Crippen LogP contribution in [0.3, 0.4) is 0 Å². The first-order valence-electron chi connectivity index (χ1n) is 13.8. The van der Waals surface area contributed by atoms with Gasteiger partial charge >= 0.3 is 0 Å². The van der Waals surface area contributed by atoms with Gasteiger partial charge in [-0.05, 0) is 69.2 Å². The number of hydrogen-bond acceptors (Lipinski definition) is 6. The van der Waals surface area contributed by atoms with Crippen molar-refractivity contribution in [3.8, 4) is 0 Å². The van der Waals surface area contributed by atoms with Crippen LogP contribution in [0.5, 0.6) is 0 Å². The van der Waals surface area contributed by atoms with E-state index in [1.54, 1.807) is 47.0 Å². The number of rotatable bonds is 11. The molecule has 0 atom stereocenters. The van der Waals surface area contributed by atoms with E-state index in [9.17, 15) is 13.2 Å². The molecule has 1 fully saturated rings. The van der Waals surface area contributed by atoms with Gasteiger partial charge in [0.15, 0.2) is 12.4 Å². The number of nitrogens with one attached hydrogen (secondary N) is 1. The van der Waals surface area contributed by atoms with E-state index in [2.05, 4.69) is 39.6 Å². The average molecular weight is 583 g/mol. The lowest BCUT2D eigenvalue weighted by atomic mass is 10.1. The van der Waals surface area contributed by atoms with E-state index in [0.29, 0.717) is 22.6 Å². The summed E-state index contributed by atoms with van der Waals surface area (Å²) < 4.78 is 35.3. The number of hydrogen-bond donors (Lipinski definition) is 1. The van der Waals surface area contributed by atoms with Crippen molar-refractivity contribution in [1.82, 2.24) is 4.31 Å². The lowest BCUT2D eigenvalue weighted by molar-refractivity contribution is -0.671. The van der Waals surface area contributed by atoms with E-state index in [0.717, 1.165) is 31.9 Å². The molecule has 9 nitrogen and oxygen atoms in total. The Morgan fingerprint density at radius 2 is 1.54 bits per heavy atom. The summed E-state index contributed by atoms with van der Waals surface area (Å²) in [6.45, 7) is 10.8. The summed E-state index contributed by atoms with van der Waals surface area (Å²) in [4.78, 5) is 17.6. The van der Waals surface area contributed by atoms with E-state index >= 15 is 0 Å². The van der Waals surface area contributed by atoms with Gasteiger partial charge in [-0.3, -0.25) is 4.79 Å². The molecule has 2 heterocycles. The second-order valence-electron chi connectivity index (χ2n) is 10.3. The average Bonchev–Trinajstić information content (AvgIpc) is 2.96. The Balaban J connectivity index is 1.56. The van der Waals surface area contributed by atoms with Crippen molar-refractivity contribution < 1.29 is 22.5 Å². The van der Waals surface area contributed by atoms with Gasteiger partial charge < -0.3 is 19.9 Å². The Labute approximate surface area is 245 Å². The van der Waals surface area contributed by atoms with Crippen molar-refractivity contribution in [1.29, 1.82) is 0 Å². The molecule has 1 saturated heterocycles. The van der Waals surface area contributed by atoms with Gasteiger partial charge in [-0.25, -0.2) is 17.3 Å². The van der Waals surface area contributed by atoms with Crippen LogP contribution in [0.1, 0.15) is 34.1 Å². The van der Waals surface area contributed by atoms with E-state index in [4.69, 9.17) is 4.74 Å². The second-order valence-corrected chi connectivity index (χ2v) is 12.3. The van der Waals surface area contributed by atoms with Crippen LogP contribution in [0.4, 0.5) is 17.1 Å². The maximum Gasteiger partial charge on any atom is 0.243 e. The summed E-state index contributed by atoms with van der Waals surface area (Å²) in [5.74, 6) is 0.362. The Kier molecular flexibility index (Phi) is 11.1. The van der Waals surface area contributed by atoms with Crippen molar-refractivity contribution in [2.24, 2.45) is 7.05 Å². The molecule has 0 spiro atoms. The lowest BCUT2D eigenvalue weighted by Gasteiger charge is -2.37. The molecule has 1 amide bonds. The molecular formula is C31H44N5O4S+. The number of sulfonamides is 1. The topological polar surface area (TPSA) is 86.1 Å². The molecule has 0 radical (unpaired) electrons. The molecule has 0 saturated carbocycles. The van der Waals surface area contributed by atoms with Gasteiger partial charge in [-0.2, -0.15) is 0 Å². The van der Waals surface area contributed by atoms with E-state index in [1.807, 2.05) is 35.9 Å². The third-order valence-electron chi connectivity index (χ3n) is 7.33. The number of piperazine rings is 1. The predicted octanol–water partition coefficient (Wildman–Crippen LogP) is 4.22. The molecule has 222 valence electrons. The highest BCUT2D eigenvalue weighted by Gasteiger charge is 2.27. The molecule has 2 aromatic rings. The van der Waals surface area contributed by atoms with Gasteiger partial charge in [-0.1, -0.05) is 6.08 Å². The molecule has 1 aliphatic rings. The number of benzene rings is 1. The zero-order chi connectivity index (χ0) is 30.2. The van der Waals surface area contributed by atoms with Crippen LogP contribution in [-0.2, 0) is 26.6 Å². The van der Waals surface area contributed by atoms with Crippen LogP contribution in [0.2, 0.25) is 0 Å². The summed E-state index contributed by atoms with van der Waals surface area (Å²) in [5.41, 5.74) is 4.24. The molecule has 1 aromatic carbocycles. The number of carbonyl (C=O) groups excluding carboxylic acids is 1. The largest absolute Gasteiger partial charge is 0.501 e. The summed E-state index contributed by atoms with van der Waals surface area (Å²) in [6.07, 6.45) is 7.63. The highest BCUT2D eigenvalue weighted by molar-refractivity contribution is 7.93. The van der Waals surface area contributed by atoms with Crippen molar-refractivity contribution in [3.05, 3.63) is 82.8 Å². The van der Waals surface area contributed by atoms with Crippen LogP contribution in [0, 0.1) is 0 Å². The fourth-order valence-corrected chi connectivity index (χ4v) is 6.35. The highest BCUT2D eigenvalue weighted by atomic mass is 32.2. The van der Waals surface area contributed by atoms with Gasteiger partial charge in [0, 0.05) is 75.4 Å². The van der Waals surface area contributed by atoms with E-state index < -0.39 is 10.0 Å². The highest BCUT2D eigenvalue weighted by Crippen LogP contribution is 2.26. The van der Waals surface area contributed by atoms with Gasteiger partial charge in [0.25, 0.3) is 0 Å². The second kappa shape index (κ2) is 14.3. The van der Waals surface area contributed by atoms with E-state index in [1.165, 1.54) is 17.0 Å². The number of allylic oxidation sites excluding steroid dienone is 5. The minimum absolute atomic E-state index is 0.0328. The van der Waals surface area contributed by atoms with Crippen molar-refractivity contribution in [2.75, 3.05) is 62.0 Å². The smallest absolute Gasteiger partial charge is 0.243 e. The van der Waals surface area contributed by atoms with E-state index in [-0.39, 0.29) is 23.8 Å². The van der Waals surface area contributed by atoms with Crippen molar-refractivity contribution in [2.45, 2.75) is 34.1 Å². The summed E-state index contributed by atoms with van der Waals surface area (Å²) >= 11 is 0. The monoisotopic (exact) mass is 582 g/mol. The lowest BCUT2D eigenvalue weighted by Crippen LogP contribution is -2.46. The summed E-state index contributed by atoms with van der Waals surface area (Å²) in [5, 5.41) is 2.89. The fourth-order valence-electron chi connectivity index (χ4n) is 4.72. The molecule has 1 N–H and O–H groups in total. The summed E-state index contributed by atoms with van der Waals surface area (Å²) in [6, 6.07) is 12.1. The van der Waals surface area contributed by atoms with Gasteiger partial charge in [-0.15, -0.1) is 0 Å². The number of amides is 1. The number of ether oxygens (including phenoxy) is 1. The number of aryl methyl sites for hydroxylation is 1. The first-order valence-corrected chi connectivity index (χ1v) is 15.3. The number of carbonyl (C=O) groups is 1. The van der Waals surface area contributed by atoms with Gasteiger partial charge in [0.05, 0.1) is 17.8 Å². The maximum absolute atomic E-state index is 13.4. The Bertz CT molecular complexity index is 1390. The first kappa shape index (κ1) is 31.9. The van der Waals surface area contributed by atoms with Crippen LogP contribution >= 0.6 is 0 Å². The Hall–Kier alpha value is -3.63. The Morgan fingerprint density at radius 1 is 1.00 bits per heavy atom. The zero-order valence-electron chi connectivity index (χ0n) is 25.3. The molecule has 1 aromatic heterocycles. The molecule has 0 aliphatic carbocycles. The van der Waals surface area contributed by atoms with Crippen LogP contribution in [0.25, 0.3) is 0 Å². The minimum Gasteiger partial charge on any atom is -0.501 e. The zero-order valence-corrected chi connectivity index (χ0v) is 26.2. The number of aromatic nitrogens is 1. The summed E-state index contributed by atoms with van der Waals surface area (Å²) in [7, 11) is 1.24. The van der Waals surface area contributed by atoms with Crippen LogP contribution in [-0.4, -0.2) is 65.5 Å². The number of methoxy groups -OCH3 is 1. The molecule has 0 bridgehead atoms.